The average Bonchev–Trinajstić information content (AvgIpc) is 2.68. The maximum Gasteiger partial charge on any atom is 0.256 e. The molecule has 0 unspecified atom stereocenters. The molecule has 150 valence electrons. The summed E-state index contributed by atoms with van der Waals surface area (Å²) in [6.45, 7) is 6.18. The molecule has 1 atom stereocenters. The first kappa shape index (κ1) is 20.3. The van der Waals surface area contributed by atoms with Gasteiger partial charge in [-0.05, 0) is 36.0 Å². The second-order valence-electron chi connectivity index (χ2n) is 7.91. The highest BCUT2D eigenvalue weighted by molar-refractivity contribution is 5.86. The van der Waals surface area contributed by atoms with E-state index in [0.29, 0.717) is 37.8 Å². The lowest BCUT2D eigenvalue weighted by atomic mass is 9.91. The van der Waals surface area contributed by atoms with Crippen LogP contribution >= 0.6 is 0 Å². The SMILES string of the molecule is CC(C)c1ccc(CN2CCC[C@@](O)(CNCc3cccnc3N)C2=O)cc1. The topological polar surface area (TPSA) is 91.5 Å². The minimum Gasteiger partial charge on any atom is -0.383 e. The molecule has 2 heterocycles. The normalized spacial score (nSPS) is 20.0. The molecule has 0 aliphatic carbocycles. The van der Waals surface area contributed by atoms with Gasteiger partial charge in [-0.1, -0.05) is 44.2 Å². The van der Waals surface area contributed by atoms with Crippen LogP contribution in [0.3, 0.4) is 0 Å². The Morgan fingerprint density at radius 2 is 2.04 bits per heavy atom. The number of rotatable bonds is 7. The zero-order chi connectivity index (χ0) is 20.1. The molecule has 2 aromatic rings. The summed E-state index contributed by atoms with van der Waals surface area (Å²) in [6, 6.07) is 12.1. The molecule has 1 fully saturated rings. The Labute approximate surface area is 166 Å². The number of pyridine rings is 1. The molecule has 1 aromatic carbocycles. The largest absolute Gasteiger partial charge is 0.383 e. The lowest BCUT2D eigenvalue weighted by molar-refractivity contribution is -0.157. The predicted octanol–water partition coefficient (Wildman–Crippen LogP) is 2.43. The highest BCUT2D eigenvalue weighted by Gasteiger charge is 2.41. The highest BCUT2D eigenvalue weighted by Crippen LogP contribution is 2.24. The molecule has 0 saturated carbocycles. The Morgan fingerprint density at radius 3 is 2.71 bits per heavy atom. The zero-order valence-electron chi connectivity index (χ0n) is 16.7. The number of hydrogen-bond acceptors (Lipinski definition) is 5. The summed E-state index contributed by atoms with van der Waals surface area (Å²) in [6.07, 6.45) is 2.88. The minimum absolute atomic E-state index is 0.197. The van der Waals surface area contributed by atoms with E-state index in [9.17, 15) is 9.90 Å². The van der Waals surface area contributed by atoms with Gasteiger partial charge >= 0.3 is 0 Å². The lowest BCUT2D eigenvalue weighted by Gasteiger charge is -2.38. The van der Waals surface area contributed by atoms with Gasteiger partial charge in [-0.2, -0.15) is 0 Å². The quantitative estimate of drug-likeness (QED) is 0.684. The summed E-state index contributed by atoms with van der Waals surface area (Å²) in [5, 5.41) is 14.1. The first-order valence-corrected chi connectivity index (χ1v) is 9.90. The van der Waals surface area contributed by atoms with Gasteiger partial charge in [0.25, 0.3) is 5.91 Å². The number of nitrogens with one attached hydrogen (secondary N) is 1. The van der Waals surface area contributed by atoms with Crippen LogP contribution in [0.2, 0.25) is 0 Å². The van der Waals surface area contributed by atoms with Crippen molar-refractivity contribution in [3.05, 3.63) is 59.3 Å². The van der Waals surface area contributed by atoms with E-state index in [1.807, 2.05) is 12.1 Å². The highest BCUT2D eigenvalue weighted by atomic mass is 16.3. The number of nitrogens with two attached hydrogens (primary N) is 1. The van der Waals surface area contributed by atoms with Crippen molar-refractivity contribution < 1.29 is 9.90 Å². The molecule has 1 aromatic heterocycles. The van der Waals surface area contributed by atoms with Crippen LogP contribution in [0.15, 0.2) is 42.6 Å². The van der Waals surface area contributed by atoms with E-state index in [1.165, 1.54) is 5.56 Å². The molecule has 1 saturated heterocycles. The Balaban J connectivity index is 1.59. The fraction of sp³-hybridized carbons (Fsp3) is 0.455. The van der Waals surface area contributed by atoms with E-state index in [-0.39, 0.29) is 12.5 Å². The van der Waals surface area contributed by atoms with Crippen molar-refractivity contribution in [1.29, 1.82) is 0 Å². The zero-order valence-corrected chi connectivity index (χ0v) is 16.7. The molecule has 0 bridgehead atoms. The predicted molar refractivity (Wildman–Crippen MR) is 110 cm³/mol. The standard InChI is InChI=1S/C22H30N4O2/c1-16(2)18-8-6-17(7-9-18)14-26-12-4-10-22(28,21(26)27)15-24-13-19-5-3-11-25-20(19)23/h3,5-9,11,16,24,28H,4,10,12-15H2,1-2H3,(H2,23,25)/t22-/m1/s1. The van der Waals surface area contributed by atoms with Gasteiger partial charge in [0.05, 0.1) is 0 Å². The number of likely N-dealkylation sites (tertiary alicyclic amines) is 1. The van der Waals surface area contributed by atoms with Gasteiger partial charge in [-0.25, -0.2) is 4.98 Å². The number of amides is 1. The number of aromatic nitrogens is 1. The summed E-state index contributed by atoms with van der Waals surface area (Å²) in [7, 11) is 0. The maximum absolute atomic E-state index is 12.9. The first-order chi connectivity index (χ1) is 13.4. The van der Waals surface area contributed by atoms with E-state index >= 15 is 0 Å². The summed E-state index contributed by atoms with van der Waals surface area (Å²) in [4.78, 5) is 18.7. The van der Waals surface area contributed by atoms with Crippen LogP contribution in [0.5, 0.6) is 0 Å². The molecular weight excluding hydrogens is 352 g/mol. The van der Waals surface area contributed by atoms with Crippen molar-refractivity contribution in [2.75, 3.05) is 18.8 Å². The van der Waals surface area contributed by atoms with Crippen molar-refractivity contribution in [3.8, 4) is 0 Å². The Morgan fingerprint density at radius 1 is 1.29 bits per heavy atom. The number of aliphatic hydroxyl groups is 1. The van der Waals surface area contributed by atoms with Crippen LogP contribution in [-0.4, -0.2) is 39.6 Å². The molecule has 4 N–H and O–H groups in total. The van der Waals surface area contributed by atoms with E-state index < -0.39 is 5.60 Å². The molecule has 28 heavy (non-hydrogen) atoms. The number of anilines is 1. The van der Waals surface area contributed by atoms with Crippen LogP contribution in [-0.2, 0) is 17.9 Å². The lowest BCUT2D eigenvalue weighted by Crippen LogP contribution is -2.57. The molecule has 3 rings (SSSR count). The van der Waals surface area contributed by atoms with E-state index in [4.69, 9.17) is 5.73 Å². The van der Waals surface area contributed by atoms with Gasteiger partial charge in [0.15, 0.2) is 5.60 Å². The Bertz CT molecular complexity index is 806. The Kier molecular flexibility index (Phi) is 6.31. The van der Waals surface area contributed by atoms with Crippen LogP contribution in [0.1, 0.15) is 49.3 Å². The summed E-state index contributed by atoms with van der Waals surface area (Å²) >= 11 is 0. The molecule has 0 spiro atoms. The molecule has 1 amide bonds. The number of hydrogen-bond donors (Lipinski definition) is 3. The van der Waals surface area contributed by atoms with Crippen LogP contribution in [0.25, 0.3) is 0 Å². The van der Waals surface area contributed by atoms with Gasteiger partial charge < -0.3 is 21.1 Å². The van der Waals surface area contributed by atoms with Crippen LogP contribution in [0, 0.1) is 0 Å². The van der Waals surface area contributed by atoms with E-state index in [1.54, 1.807) is 11.1 Å². The van der Waals surface area contributed by atoms with Crippen LogP contribution in [0.4, 0.5) is 5.82 Å². The second kappa shape index (κ2) is 8.71. The van der Waals surface area contributed by atoms with Crippen molar-refractivity contribution >= 4 is 11.7 Å². The minimum atomic E-state index is -1.38. The number of carbonyl (C=O) groups is 1. The van der Waals surface area contributed by atoms with Gasteiger partial charge in [-0.15, -0.1) is 0 Å². The third-order valence-corrected chi connectivity index (χ3v) is 5.38. The first-order valence-electron chi connectivity index (χ1n) is 9.90. The van der Waals surface area contributed by atoms with Crippen molar-refractivity contribution in [2.24, 2.45) is 0 Å². The number of nitrogens with zero attached hydrogens (tertiary/aromatic N) is 2. The van der Waals surface area contributed by atoms with Crippen molar-refractivity contribution in [3.63, 3.8) is 0 Å². The fourth-order valence-electron chi connectivity index (χ4n) is 3.61. The fourth-order valence-corrected chi connectivity index (χ4v) is 3.61. The summed E-state index contributed by atoms with van der Waals surface area (Å²) in [5.41, 5.74) is 7.69. The van der Waals surface area contributed by atoms with Gasteiger partial charge in [0, 0.05) is 37.9 Å². The Hall–Kier alpha value is -2.44. The summed E-state index contributed by atoms with van der Waals surface area (Å²) < 4.78 is 0. The van der Waals surface area contributed by atoms with Crippen LogP contribution < -0.4 is 11.1 Å². The number of nitrogen functional groups attached to an aromatic ring is 1. The molecular formula is C22H30N4O2. The molecule has 6 nitrogen and oxygen atoms in total. The monoisotopic (exact) mass is 382 g/mol. The van der Waals surface area contributed by atoms with E-state index in [0.717, 1.165) is 17.5 Å². The molecule has 1 aliphatic heterocycles. The molecule has 0 radical (unpaired) electrons. The smallest absolute Gasteiger partial charge is 0.256 e. The van der Waals surface area contributed by atoms with Crippen molar-refractivity contribution in [1.82, 2.24) is 15.2 Å². The maximum atomic E-state index is 12.9. The average molecular weight is 383 g/mol. The van der Waals surface area contributed by atoms with Gasteiger partial charge in [0.1, 0.15) is 5.82 Å². The van der Waals surface area contributed by atoms with Gasteiger partial charge in [0.2, 0.25) is 0 Å². The van der Waals surface area contributed by atoms with Gasteiger partial charge in [-0.3, -0.25) is 4.79 Å². The van der Waals surface area contributed by atoms with Crippen molar-refractivity contribution in [2.45, 2.75) is 51.3 Å². The summed E-state index contributed by atoms with van der Waals surface area (Å²) in [5.74, 6) is 0.734. The number of piperidine rings is 1. The molecule has 1 aliphatic rings. The number of benzene rings is 1. The second-order valence-corrected chi connectivity index (χ2v) is 7.91. The third kappa shape index (κ3) is 4.69. The third-order valence-electron chi connectivity index (χ3n) is 5.38. The van der Waals surface area contributed by atoms with E-state index in [2.05, 4.69) is 48.4 Å². The molecule has 6 heteroatoms. The number of carbonyl (C=O) groups excluding carboxylic acids is 1.